The fourth-order valence-electron chi connectivity index (χ4n) is 3.76. The molecule has 0 aliphatic carbocycles. The van der Waals surface area contributed by atoms with E-state index >= 15 is 0 Å². The predicted molar refractivity (Wildman–Crippen MR) is 117 cm³/mol. The number of hydrogen-bond donors (Lipinski definition) is 0. The van der Waals surface area contributed by atoms with Crippen molar-refractivity contribution in [2.75, 3.05) is 31.1 Å². The molecule has 0 saturated carbocycles. The number of amides is 1. The van der Waals surface area contributed by atoms with Gasteiger partial charge in [0.1, 0.15) is 5.69 Å². The van der Waals surface area contributed by atoms with Gasteiger partial charge in [-0.25, -0.2) is 0 Å². The lowest BCUT2D eigenvalue weighted by Crippen LogP contribution is -2.39. The van der Waals surface area contributed by atoms with Crippen LogP contribution in [0.2, 0.25) is 0 Å². The Hall–Kier alpha value is -3.42. The van der Waals surface area contributed by atoms with Crippen molar-refractivity contribution in [1.82, 2.24) is 4.90 Å². The standard InChI is InChI=1S/C23H27N3O5/c1-2-24(16-18-8-4-3-5-9-18)22(27)17-31-23(28)19-12-14-25(15-13-19)20-10-6-7-11-21(20)26(29)30/h3-11,19H,2,12-17H2,1H3. The van der Waals surface area contributed by atoms with Crippen molar-refractivity contribution in [3.8, 4) is 0 Å². The molecule has 0 bridgehead atoms. The largest absolute Gasteiger partial charge is 0.455 e. The summed E-state index contributed by atoms with van der Waals surface area (Å²) in [5.74, 6) is -0.917. The Balaban J connectivity index is 1.49. The van der Waals surface area contributed by atoms with Crippen LogP contribution >= 0.6 is 0 Å². The lowest BCUT2D eigenvalue weighted by atomic mass is 9.96. The topological polar surface area (TPSA) is 93.0 Å². The van der Waals surface area contributed by atoms with Crippen molar-refractivity contribution in [3.05, 3.63) is 70.3 Å². The quantitative estimate of drug-likeness (QED) is 0.366. The van der Waals surface area contributed by atoms with Crippen LogP contribution in [0.5, 0.6) is 0 Å². The molecule has 0 spiro atoms. The van der Waals surface area contributed by atoms with Crippen LogP contribution in [-0.4, -0.2) is 47.9 Å². The van der Waals surface area contributed by atoms with Crippen LogP contribution in [0.25, 0.3) is 0 Å². The number of ether oxygens (including phenoxy) is 1. The average Bonchev–Trinajstić information content (AvgIpc) is 2.81. The molecule has 1 saturated heterocycles. The van der Waals surface area contributed by atoms with Gasteiger partial charge in [-0.1, -0.05) is 42.5 Å². The Morgan fingerprint density at radius 1 is 1.10 bits per heavy atom. The molecule has 0 atom stereocenters. The van der Waals surface area contributed by atoms with E-state index in [4.69, 9.17) is 4.74 Å². The van der Waals surface area contributed by atoms with E-state index < -0.39 is 4.92 Å². The van der Waals surface area contributed by atoms with Crippen molar-refractivity contribution in [2.24, 2.45) is 5.92 Å². The first kappa shape index (κ1) is 22.3. The second-order valence-electron chi connectivity index (χ2n) is 7.51. The van der Waals surface area contributed by atoms with Crippen molar-refractivity contribution < 1.29 is 19.2 Å². The number of nitrogens with zero attached hydrogens (tertiary/aromatic N) is 3. The van der Waals surface area contributed by atoms with Gasteiger partial charge in [0.15, 0.2) is 6.61 Å². The predicted octanol–water partition coefficient (Wildman–Crippen LogP) is 3.40. The molecule has 0 N–H and O–H groups in total. The number of anilines is 1. The summed E-state index contributed by atoms with van der Waals surface area (Å²) in [6.45, 7) is 3.66. The summed E-state index contributed by atoms with van der Waals surface area (Å²) in [6, 6.07) is 16.3. The number of piperidine rings is 1. The van der Waals surface area contributed by atoms with E-state index in [1.165, 1.54) is 6.07 Å². The Labute approximate surface area is 181 Å². The summed E-state index contributed by atoms with van der Waals surface area (Å²) in [7, 11) is 0. The molecular formula is C23H27N3O5. The Kier molecular flexibility index (Phi) is 7.59. The molecule has 2 aromatic rings. The summed E-state index contributed by atoms with van der Waals surface area (Å²) in [5, 5.41) is 11.2. The van der Waals surface area contributed by atoms with E-state index in [-0.39, 0.29) is 30.1 Å². The molecule has 3 rings (SSSR count). The molecule has 8 heteroatoms. The molecule has 0 radical (unpaired) electrons. The minimum atomic E-state index is -0.393. The number of carbonyl (C=O) groups excluding carboxylic acids is 2. The highest BCUT2D eigenvalue weighted by Gasteiger charge is 2.29. The maximum atomic E-state index is 12.5. The van der Waals surface area contributed by atoms with E-state index in [0.29, 0.717) is 44.7 Å². The maximum absolute atomic E-state index is 12.5. The highest BCUT2D eigenvalue weighted by Crippen LogP contribution is 2.31. The molecule has 1 heterocycles. The van der Waals surface area contributed by atoms with Crippen LogP contribution in [0.1, 0.15) is 25.3 Å². The van der Waals surface area contributed by atoms with Gasteiger partial charge < -0.3 is 14.5 Å². The highest BCUT2D eigenvalue weighted by molar-refractivity contribution is 5.81. The molecule has 2 aromatic carbocycles. The van der Waals surface area contributed by atoms with Gasteiger partial charge in [-0.05, 0) is 31.4 Å². The third-order valence-electron chi connectivity index (χ3n) is 5.54. The number of rotatable bonds is 8. The minimum absolute atomic E-state index is 0.0622. The van der Waals surface area contributed by atoms with Gasteiger partial charge in [0.05, 0.1) is 10.8 Å². The Bertz CT molecular complexity index is 910. The van der Waals surface area contributed by atoms with Gasteiger partial charge in [0.2, 0.25) is 0 Å². The smallest absolute Gasteiger partial charge is 0.309 e. The van der Waals surface area contributed by atoms with Gasteiger partial charge in [-0.3, -0.25) is 19.7 Å². The molecule has 8 nitrogen and oxygen atoms in total. The van der Waals surface area contributed by atoms with E-state index in [9.17, 15) is 19.7 Å². The van der Waals surface area contributed by atoms with Gasteiger partial charge in [-0.15, -0.1) is 0 Å². The molecule has 0 unspecified atom stereocenters. The maximum Gasteiger partial charge on any atom is 0.309 e. The summed E-state index contributed by atoms with van der Waals surface area (Å²) in [6.07, 6.45) is 1.06. The normalized spacial score (nSPS) is 14.2. The van der Waals surface area contributed by atoms with Crippen LogP contribution in [-0.2, 0) is 20.9 Å². The zero-order valence-corrected chi connectivity index (χ0v) is 17.6. The highest BCUT2D eigenvalue weighted by atomic mass is 16.6. The van der Waals surface area contributed by atoms with Crippen LogP contribution in [0.15, 0.2) is 54.6 Å². The molecule has 0 aromatic heterocycles. The molecular weight excluding hydrogens is 398 g/mol. The van der Waals surface area contributed by atoms with E-state index in [2.05, 4.69) is 0 Å². The fourth-order valence-corrected chi connectivity index (χ4v) is 3.76. The molecule has 1 aliphatic rings. The number of carbonyl (C=O) groups is 2. The van der Waals surface area contributed by atoms with Crippen molar-refractivity contribution in [3.63, 3.8) is 0 Å². The first-order valence-corrected chi connectivity index (χ1v) is 10.5. The summed E-state index contributed by atoms with van der Waals surface area (Å²) in [4.78, 5) is 39.4. The molecule has 31 heavy (non-hydrogen) atoms. The molecule has 164 valence electrons. The van der Waals surface area contributed by atoms with Gasteiger partial charge >= 0.3 is 5.97 Å². The summed E-state index contributed by atoms with van der Waals surface area (Å²) < 4.78 is 5.31. The number of likely N-dealkylation sites (N-methyl/N-ethyl adjacent to an activating group) is 1. The third-order valence-corrected chi connectivity index (χ3v) is 5.54. The minimum Gasteiger partial charge on any atom is -0.455 e. The zero-order valence-electron chi connectivity index (χ0n) is 17.6. The number of para-hydroxylation sites is 2. The second-order valence-corrected chi connectivity index (χ2v) is 7.51. The second kappa shape index (κ2) is 10.6. The van der Waals surface area contributed by atoms with Crippen LogP contribution in [0, 0.1) is 16.0 Å². The summed E-state index contributed by atoms with van der Waals surface area (Å²) >= 11 is 0. The number of nitro groups is 1. The average molecular weight is 425 g/mol. The van der Waals surface area contributed by atoms with E-state index in [1.807, 2.05) is 42.2 Å². The number of esters is 1. The summed E-state index contributed by atoms with van der Waals surface area (Å²) in [5.41, 5.74) is 1.65. The lowest BCUT2D eigenvalue weighted by molar-refractivity contribution is -0.384. The molecule has 1 aliphatic heterocycles. The first-order valence-electron chi connectivity index (χ1n) is 10.5. The van der Waals surface area contributed by atoms with Crippen LogP contribution < -0.4 is 4.90 Å². The SMILES string of the molecule is CCN(Cc1ccccc1)C(=O)COC(=O)C1CCN(c2ccccc2[N+](=O)[O-])CC1. The first-order chi connectivity index (χ1) is 15.0. The van der Waals surface area contributed by atoms with Gasteiger partial charge in [0.25, 0.3) is 11.6 Å². The van der Waals surface area contributed by atoms with E-state index in [0.717, 1.165) is 5.56 Å². The van der Waals surface area contributed by atoms with E-state index in [1.54, 1.807) is 23.1 Å². The number of nitro benzene ring substituents is 1. The van der Waals surface area contributed by atoms with Crippen molar-refractivity contribution in [2.45, 2.75) is 26.3 Å². The third kappa shape index (κ3) is 5.81. The van der Waals surface area contributed by atoms with Crippen LogP contribution in [0.3, 0.4) is 0 Å². The monoisotopic (exact) mass is 425 g/mol. The Morgan fingerprint density at radius 3 is 2.39 bits per heavy atom. The number of hydrogen-bond acceptors (Lipinski definition) is 6. The van der Waals surface area contributed by atoms with Gasteiger partial charge in [-0.2, -0.15) is 0 Å². The zero-order chi connectivity index (χ0) is 22.2. The lowest BCUT2D eigenvalue weighted by Gasteiger charge is -2.32. The molecule has 1 amide bonds. The Morgan fingerprint density at radius 2 is 1.74 bits per heavy atom. The van der Waals surface area contributed by atoms with Crippen LogP contribution in [0.4, 0.5) is 11.4 Å². The fraction of sp³-hybridized carbons (Fsp3) is 0.391. The molecule has 1 fully saturated rings. The van der Waals surface area contributed by atoms with Crippen molar-refractivity contribution in [1.29, 1.82) is 0 Å². The van der Waals surface area contributed by atoms with Gasteiger partial charge in [0, 0.05) is 32.2 Å². The van der Waals surface area contributed by atoms with Crippen molar-refractivity contribution >= 4 is 23.3 Å². The number of benzene rings is 2.